The third-order valence-electron chi connectivity index (χ3n) is 6.03. The van der Waals surface area contributed by atoms with Gasteiger partial charge in [-0.15, -0.1) is 0 Å². The molecule has 1 amide bonds. The molecular weight excluding hydrogens is 457 g/mol. The molecule has 1 saturated heterocycles. The van der Waals surface area contributed by atoms with E-state index in [1.807, 2.05) is 24.8 Å². The fraction of sp³-hybridized carbons (Fsp3) is 0.440. The Kier molecular flexibility index (Phi) is 6.80. The standard InChI is InChI=1S/C25H28FN3O4S/c1-17(2)16-33-24-8-6-20(34(31,32)19-4-5-19)14-21(24)25(30)29-11-9-28(10-12-29)23-7-3-18(15-27)13-22(23)26/h3,6-8,13-14,17,19H,4-5,9-12,16H2,1-2H3. The van der Waals surface area contributed by atoms with Crippen molar-refractivity contribution in [2.45, 2.75) is 36.8 Å². The number of nitrogens with zero attached hydrogens (tertiary/aromatic N) is 3. The van der Waals surface area contributed by atoms with Gasteiger partial charge in [-0.05, 0) is 55.2 Å². The molecule has 2 aromatic carbocycles. The summed E-state index contributed by atoms with van der Waals surface area (Å²) in [7, 11) is -3.46. The van der Waals surface area contributed by atoms with E-state index in [1.165, 1.54) is 18.2 Å². The van der Waals surface area contributed by atoms with Gasteiger partial charge in [0, 0.05) is 26.2 Å². The van der Waals surface area contributed by atoms with Crippen molar-refractivity contribution in [3.05, 3.63) is 53.3 Å². The highest BCUT2D eigenvalue weighted by atomic mass is 32.2. The fourth-order valence-electron chi connectivity index (χ4n) is 3.96. The lowest BCUT2D eigenvalue weighted by Crippen LogP contribution is -2.49. The topological polar surface area (TPSA) is 90.7 Å². The van der Waals surface area contributed by atoms with E-state index >= 15 is 0 Å². The van der Waals surface area contributed by atoms with Gasteiger partial charge in [-0.2, -0.15) is 5.26 Å². The van der Waals surface area contributed by atoms with Crippen molar-refractivity contribution >= 4 is 21.4 Å². The summed E-state index contributed by atoms with van der Waals surface area (Å²) < 4.78 is 45.8. The van der Waals surface area contributed by atoms with Crippen molar-refractivity contribution in [1.29, 1.82) is 5.26 Å². The molecule has 7 nitrogen and oxygen atoms in total. The highest BCUT2D eigenvalue weighted by molar-refractivity contribution is 7.92. The monoisotopic (exact) mass is 485 g/mol. The van der Waals surface area contributed by atoms with E-state index in [0.717, 1.165) is 0 Å². The number of piperazine rings is 1. The van der Waals surface area contributed by atoms with E-state index in [-0.39, 0.29) is 33.1 Å². The molecule has 34 heavy (non-hydrogen) atoms. The lowest BCUT2D eigenvalue weighted by molar-refractivity contribution is 0.0741. The van der Waals surface area contributed by atoms with Crippen LogP contribution in [0.25, 0.3) is 0 Å². The number of hydrogen-bond donors (Lipinski definition) is 0. The number of sulfone groups is 1. The number of benzene rings is 2. The van der Waals surface area contributed by atoms with Gasteiger partial charge in [0.2, 0.25) is 0 Å². The van der Waals surface area contributed by atoms with Crippen molar-refractivity contribution in [2.75, 3.05) is 37.7 Å². The van der Waals surface area contributed by atoms with E-state index in [4.69, 9.17) is 10.00 Å². The molecule has 0 bridgehead atoms. The van der Waals surface area contributed by atoms with Crippen molar-refractivity contribution in [3.8, 4) is 11.8 Å². The van der Waals surface area contributed by atoms with Gasteiger partial charge in [0.05, 0.1) is 39.6 Å². The van der Waals surface area contributed by atoms with Crippen LogP contribution in [0.1, 0.15) is 42.6 Å². The summed E-state index contributed by atoms with van der Waals surface area (Å²) in [6.45, 7) is 5.92. The fourth-order valence-corrected chi connectivity index (χ4v) is 5.64. The Bertz CT molecular complexity index is 1230. The van der Waals surface area contributed by atoms with Crippen LogP contribution in [0.15, 0.2) is 41.3 Å². The van der Waals surface area contributed by atoms with Crippen LogP contribution in [0.2, 0.25) is 0 Å². The third kappa shape index (κ3) is 5.02. The quantitative estimate of drug-likeness (QED) is 0.595. The number of halogens is 1. The first-order valence-electron chi connectivity index (χ1n) is 11.5. The lowest BCUT2D eigenvalue weighted by Gasteiger charge is -2.36. The van der Waals surface area contributed by atoms with Gasteiger partial charge in [0.25, 0.3) is 5.91 Å². The van der Waals surface area contributed by atoms with Crippen LogP contribution in [-0.4, -0.2) is 57.3 Å². The summed E-state index contributed by atoms with van der Waals surface area (Å²) in [6.07, 6.45) is 1.29. The van der Waals surface area contributed by atoms with Crippen molar-refractivity contribution < 1.29 is 22.3 Å². The summed E-state index contributed by atoms with van der Waals surface area (Å²) in [5, 5.41) is 8.57. The molecule has 2 aliphatic rings. The van der Waals surface area contributed by atoms with E-state index in [0.29, 0.717) is 57.1 Å². The number of nitriles is 1. The zero-order chi connectivity index (χ0) is 24.5. The second-order valence-electron chi connectivity index (χ2n) is 9.16. The second-order valence-corrected chi connectivity index (χ2v) is 11.4. The van der Waals surface area contributed by atoms with Gasteiger partial charge < -0.3 is 14.5 Å². The summed E-state index contributed by atoms with van der Waals surface area (Å²) in [4.78, 5) is 17.1. The summed E-state index contributed by atoms with van der Waals surface area (Å²) in [6, 6.07) is 10.8. The molecule has 0 unspecified atom stereocenters. The van der Waals surface area contributed by atoms with E-state index in [9.17, 15) is 17.6 Å². The van der Waals surface area contributed by atoms with Crippen molar-refractivity contribution in [1.82, 2.24) is 4.90 Å². The van der Waals surface area contributed by atoms with Crippen LogP contribution < -0.4 is 9.64 Å². The Balaban J connectivity index is 1.54. The molecule has 4 rings (SSSR count). The minimum absolute atomic E-state index is 0.147. The Labute approximate surface area is 199 Å². The van der Waals surface area contributed by atoms with Gasteiger partial charge in [-0.3, -0.25) is 4.79 Å². The minimum atomic E-state index is -3.46. The smallest absolute Gasteiger partial charge is 0.257 e. The molecule has 180 valence electrons. The molecule has 1 aliphatic heterocycles. The average Bonchev–Trinajstić information content (AvgIpc) is 3.68. The van der Waals surface area contributed by atoms with Crippen LogP contribution >= 0.6 is 0 Å². The molecule has 9 heteroatoms. The SMILES string of the molecule is CC(C)COc1ccc(S(=O)(=O)C2CC2)cc1C(=O)N1CCN(c2ccc(C#N)cc2F)CC1. The molecule has 0 atom stereocenters. The molecule has 0 radical (unpaired) electrons. The predicted molar refractivity (Wildman–Crippen MR) is 126 cm³/mol. The van der Waals surface area contributed by atoms with Crippen LogP contribution in [0.3, 0.4) is 0 Å². The number of rotatable bonds is 7. The normalized spacial score (nSPS) is 16.4. The lowest BCUT2D eigenvalue weighted by atomic mass is 10.1. The predicted octanol–water partition coefficient (Wildman–Crippen LogP) is 3.63. The zero-order valence-electron chi connectivity index (χ0n) is 19.3. The molecule has 0 spiro atoms. The maximum Gasteiger partial charge on any atom is 0.257 e. The average molecular weight is 486 g/mol. The maximum absolute atomic E-state index is 14.4. The minimum Gasteiger partial charge on any atom is -0.492 e. The maximum atomic E-state index is 14.4. The Morgan fingerprint density at radius 3 is 2.44 bits per heavy atom. The first-order chi connectivity index (χ1) is 16.2. The number of hydrogen-bond acceptors (Lipinski definition) is 6. The molecular formula is C25H28FN3O4S. The van der Waals surface area contributed by atoms with Crippen molar-refractivity contribution in [2.24, 2.45) is 5.92 Å². The largest absolute Gasteiger partial charge is 0.492 e. The van der Waals surface area contributed by atoms with E-state index in [1.54, 1.807) is 23.1 Å². The Morgan fingerprint density at radius 1 is 1.15 bits per heavy atom. The summed E-state index contributed by atoms with van der Waals surface area (Å²) in [5.41, 5.74) is 0.884. The first-order valence-corrected chi connectivity index (χ1v) is 13.0. The third-order valence-corrected chi connectivity index (χ3v) is 8.29. The van der Waals surface area contributed by atoms with Crippen LogP contribution in [0.5, 0.6) is 5.75 Å². The Morgan fingerprint density at radius 2 is 1.85 bits per heavy atom. The second kappa shape index (κ2) is 9.63. The van der Waals surface area contributed by atoms with Gasteiger partial charge in [0.1, 0.15) is 11.6 Å². The molecule has 2 aromatic rings. The zero-order valence-corrected chi connectivity index (χ0v) is 20.1. The van der Waals surface area contributed by atoms with Gasteiger partial charge in [-0.1, -0.05) is 13.8 Å². The van der Waals surface area contributed by atoms with Gasteiger partial charge >= 0.3 is 0 Å². The number of ether oxygens (including phenoxy) is 1. The summed E-state index contributed by atoms with van der Waals surface area (Å²) >= 11 is 0. The molecule has 1 heterocycles. The Hall–Kier alpha value is -3.12. The molecule has 0 N–H and O–H groups in total. The molecule has 0 aromatic heterocycles. The number of carbonyl (C=O) groups excluding carboxylic acids is 1. The highest BCUT2D eigenvalue weighted by Crippen LogP contribution is 2.35. The van der Waals surface area contributed by atoms with Crippen LogP contribution in [0, 0.1) is 23.1 Å². The number of anilines is 1. The van der Waals surface area contributed by atoms with Crippen LogP contribution in [0.4, 0.5) is 10.1 Å². The summed E-state index contributed by atoms with van der Waals surface area (Å²) in [5.74, 6) is -0.162. The molecule has 1 aliphatic carbocycles. The van der Waals surface area contributed by atoms with Gasteiger partial charge in [0.15, 0.2) is 9.84 Å². The molecule has 1 saturated carbocycles. The van der Waals surface area contributed by atoms with Crippen LogP contribution in [-0.2, 0) is 9.84 Å². The number of amides is 1. The first kappa shape index (κ1) is 24.0. The van der Waals surface area contributed by atoms with E-state index in [2.05, 4.69) is 0 Å². The molecule has 2 fully saturated rings. The van der Waals surface area contributed by atoms with Crippen molar-refractivity contribution in [3.63, 3.8) is 0 Å². The van der Waals surface area contributed by atoms with E-state index < -0.39 is 15.7 Å². The van der Waals surface area contributed by atoms with Gasteiger partial charge in [-0.25, -0.2) is 12.8 Å². The number of carbonyl (C=O) groups is 1. The highest BCUT2D eigenvalue weighted by Gasteiger charge is 2.38.